The first kappa shape index (κ1) is 23.3. The maximum atomic E-state index is 5.09. The fourth-order valence-electron chi connectivity index (χ4n) is 4.75. The minimum Gasteiger partial charge on any atom is -0.340 e. The molecule has 4 aromatic rings. The summed E-state index contributed by atoms with van der Waals surface area (Å²) in [6, 6.07) is 11.1. The Hall–Kier alpha value is -3.48. The van der Waals surface area contributed by atoms with Crippen molar-refractivity contribution in [3.05, 3.63) is 65.7 Å². The molecular formula is C28H35N7. The Labute approximate surface area is 207 Å². The number of aryl methyl sites for hydroxylation is 1. The van der Waals surface area contributed by atoms with Gasteiger partial charge >= 0.3 is 0 Å². The molecule has 1 aromatic carbocycles. The van der Waals surface area contributed by atoms with Gasteiger partial charge in [-0.1, -0.05) is 32.9 Å². The van der Waals surface area contributed by atoms with Gasteiger partial charge < -0.3 is 14.8 Å². The molecule has 1 atom stereocenters. The zero-order valence-corrected chi connectivity index (χ0v) is 21.6. The zero-order valence-electron chi connectivity index (χ0n) is 21.6. The highest BCUT2D eigenvalue weighted by atomic mass is 15.3. The van der Waals surface area contributed by atoms with E-state index in [4.69, 9.17) is 9.97 Å². The van der Waals surface area contributed by atoms with E-state index in [9.17, 15) is 0 Å². The summed E-state index contributed by atoms with van der Waals surface area (Å²) in [5, 5.41) is 3.67. The van der Waals surface area contributed by atoms with Crippen LogP contribution in [0.5, 0.6) is 0 Å². The fraction of sp³-hybridized carbons (Fsp3) is 0.429. The smallest absolute Gasteiger partial charge is 0.229 e. The van der Waals surface area contributed by atoms with Gasteiger partial charge in [0.15, 0.2) is 11.5 Å². The molecule has 7 nitrogen and oxygen atoms in total. The first-order valence-electron chi connectivity index (χ1n) is 12.5. The summed E-state index contributed by atoms with van der Waals surface area (Å²) in [4.78, 5) is 21.1. The van der Waals surface area contributed by atoms with Gasteiger partial charge in [0.1, 0.15) is 5.52 Å². The third-order valence-electron chi connectivity index (χ3n) is 6.98. The van der Waals surface area contributed by atoms with Gasteiger partial charge in [0.2, 0.25) is 5.95 Å². The maximum absolute atomic E-state index is 5.09. The fourth-order valence-corrected chi connectivity index (χ4v) is 4.75. The average molecular weight is 470 g/mol. The number of hydrogen-bond acceptors (Lipinski definition) is 6. The number of nitrogens with one attached hydrogen (secondary N) is 1. The second-order valence-corrected chi connectivity index (χ2v) is 10.9. The van der Waals surface area contributed by atoms with Crippen molar-refractivity contribution < 1.29 is 0 Å². The van der Waals surface area contributed by atoms with Crippen LogP contribution in [0.1, 0.15) is 69.7 Å². The Morgan fingerprint density at radius 3 is 2.54 bits per heavy atom. The van der Waals surface area contributed by atoms with E-state index in [-0.39, 0.29) is 11.5 Å². The molecule has 1 aliphatic rings. The van der Waals surface area contributed by atoms with Crippen LogP contribution in [0.3, 0.4) is 0 Å². The summed E-state index contributed by atoms with van der Waals surface area (Å²) >= 11 is 0. The molecule has 1 aliphatic heterocycles. The van der Waals surface area contributed by atoms with Gasteiger partial charge in [-0.3, -0.25) is 4.98 Å². The van der Waals surface area contributed by atoms with Crippen LogP contribution >= 0.6 is 0 Å². The Balaban J connectivity index is 1.55. The van der Waals surface area contributed by atoms with Crippen LogP contribution in [0.25, 0.3) is 11.2 Å². The van der Waals surface area contributed by atoms with E-state index < -0.39 is 0 Å². The van der Waals surface area contributed by atoms with Crippen molar-refractivity contribution >= 4 is 28.6 Å². The van der Waals surface area contributed by atoms with Crippen molar-refractivity contribution in [2.24, 2.45) is 0 Å². The topological polar surface area (TPSA) is 71.8 Å². The van der Waals surface area contributed by atoms with E-state index in [1.165, 1.54) is 16.7 Å². The molecule has 0 radical (unpaired) electrons. The molecule has 0 bridgehead atoms. The molecule has 7 heteroatoms. The summed E-state index contributed by atoms with van der Waals surface area (Å²) in [6.07, 6.45) is 6.69. The predicted octanol–water partition coefficient (Wildman–Crippen LogP) is 6.15. The quantitative estimate of drug-likeness (QED) is 0.378. The third kappa shape index (κ3) is 4.59. The second kappa shape index (κ2) is 8.95. The lowest BCUT2D eigenvalue weighted by Crippen LogP contribution is -2.22. The molecule has 1 saturated heterocycles. The summed E-state index contributed by atoms with van der Waals surface area (Å²) < 4.78 is 2.15. The van der Waals surface area contributed by atoms with E-state index in [1.807, 2.05) is 18.7 Å². The van der Waals surface area contributed by atoms with Crippen molar-refractivity contribution in [3.8, 4) is 0 Å². The van der Waals surface area contributed by atoms with Crippen LogP contribution < -0.4 is 10.2 Å². The van der Waals surface area contributed by atoms with Crippen LogP contribution in [0, 0.1) is 6.92 Å². The minimum atomic E-state index is 0.0630. The first-order valence-corrected chi connectivity index (χ1v) is 12.5. The normalized spacial score (nSPS) is 16.4. The van der Waals surface area contributed by atoms with Crippen LogP contribution in [-0.2, 0) is 5.41 Å². The Kier molecular flexibility index (Phi) is 5.95. The summed E-state index contributed by atoms with van der Waals surface area (Å²) in [5.41, 5.74) is 6.58. The number of fused-ring (bicyclic) bond motifs is 1. The highest BCUT2D eigenvalue weighted by Crippen LogP contribution is 2.34. The van der Waals surface area contributed by atoms with Gasteiger partial charge in [-0.15, -0.1) is 0 Å². The molecule has 1 fully saturated rings. The first-order chi connectivity index (χ1) is 16.7. The molecule has 0 spiro atoms. The molecule has 1 N–H and O–H groups in total. The molecule has 0 saturated carbocycles. The van der Waals surface area contributed by atoms with Crippen LogP contribution in [0.15, 0.2) is 49.1 Å². The summed E-state index contributed by atoms with van der Waals surface area (Å²) in [6.45, 7) is 15.0. The highest BCUT2D eigenvalue weighted by Gasteiger charge is 2.27. The highest BCUT2D eigenvalue weighted by molar-refractivity contribution is 5.87. The average Bonchev–Trinajstić information content (AvgIpc) is 3.48. The van der Waals surface area contributed by atoms with Crippen molar-refractivity contribution in [2.75, 3.05) is 23.3 Å². The van der Waals surface area contributed by atoms with E-state index >= 15 is 0 Å². The van der Waals surface area contributed by atoms with E-state index in [0.717, 1.165) is 48.1 Å². The lowest BCUT2D eigenvalue weighted by atomic mass is 9.86. The van der Waals surface area contributed by atoms with E-state index in [2.05, 4.69) is 96.6 Å². The van der Waals surface area contributed by atoms with Crippen LogP contribution in [0.4, 0.5) is 17.5 Å². The number of benzene rings is 1. The summed E-state index contributed by atoms with van der Waals surface area (Å²) in [5.74, 6) is 1.99. The largest absolute Gasteiger partial charge is 0.340 e. The number of aromatic nitrogens is 5. The molecule has 4 heterocycles. The van der Waals surface area contributed by atoms with Crippen LogP contribution in [0.2, 0.25) is 0 Å². The molecular weight excluding hydrogens is 434 g/mol. The molecule has 1 unspecified atom stereocenters. The molecule has 3 aromatic heterocycles. The van der Waals surface area contributed by atoms with Crippen molar-refractivity contribution in [3.63, 3.8) is 0 Å². The Morgan fingerprint density at radius 1 is 1.06 bits per heavy atom. The van der Waals surface area contributed by atoms with Gasteiger partial charge in [-0.05, 0) is 67.5 Å². The van der Waals surface area contributed by atoms with E-state index in [0.29, 0.717) is 5.92 Å². The number of anilines is 3. The molecule has 35 heavy (non-hydrogen) atoms. The van der Waals surface area contributed by atoms with Crippen LogP contribution in [-0.4, -0.2) is 37.6 Å². The lowest BCUT2D eigenvalue weighted by Gasteiger charge is -2.22. The number of rotatable bonds is 5. The molecule has 0 aliphatic carbocycles. The standard InChI is InChI=1S/C28H35N7/c1-18(2)35-17-30-25-24(35)26(31-23-15-22(28(4,5)6)8-7-19(23)3)33-27(32-25)34-14-11-21(16-34)20-9-12-29-13-10-20/h7-10,12-13,15,17-18,21H,11,14,16H2,1-6H3,(H,31,32,33). The van der Waals surface area contributed by atoms with E-state index in [1.54, 1.807) is 0 Å². The number of imidazole rings is 1. The second-order valence-electron chi connectivity index (χ2n) is 10.9. The molecule has 0 amide bonds. The number of hydrogen-bond donors (Lipinski definition) is 1. The van der Waals surface area contributed by atoms with Gasteiger partial charge in [-0.25, -0.2) is 4.98 Å². The molecule has 5 rings (SSSR count). The van der Waals surface area contributed by atoms with Crippen molar-refractivity contribution in [1.82, 2.24) is 24.5 Å². The van der Waals surface area contributed by atoms with Gasteiger partial charge in [0.05, 0.1) is 6.33 Å². The SMILES string of the molecule is Cc1ccc(C(C)(C)C)cc1Nc1nc(N2CCC(c3ccncc3)C2)nc2ncn(C(C)C)c12. The lowest BCUT2D eigenvalue weighted by molar-refractivity contribution is 0.590. The van der Waals surface area contributed by atoms with Gasteiger partial charge in [-0.2, -0.15) is 9.97 Å². The number of nitrogens with zero attached hydrogens (tertiary/aromatic N) is 6. The van der Waals surface area contributed by atoms with Crippen molar-refractivity contribution in [2.45, 2.75) is 65.3 Å². The van der Waals surface area contributed by atoms with Gasteiger partial charge in [0.25, 0.3) is 0 Å². The van der Waals surface area contributed by atoms with Gasteiger partial charge in [0, 0.05) is 43.1 Å². The predicted molar refractivity (Wildman–Crippen MR) is 143 cm³/mol. The summed E-state index contributed by atoms with van der Waals surface area (Å²) in [7, 11) is 0. The Bertz CT molecular complexity index is 1330. The monoisotopic (exact) mass is 469 g/mol. The zero-order chi connectivity index (χ0) is 24.7. The molecule has 182 valence electrons. The minimum absolute atomic E-state index is 0.0630. The third-order valence-corrected chi connectivity index (χ3v) is 6.98. The number of pyridine rings is 1. The van der Waals surface area contributed by atoms with Crippen molar-refractivity contribution in [1.29, 1.82) is 0 Å². The maximum Gasteiger partial charge on any atom is 0.229 e. The Morgan fingerprint density at radius 2 is 1.83 bits per heavy atom.